The summed E-state index contributed by atoms with van der Waals surface area (Å²) in [5.74, 6) is 2.71. The summed E-state index contributed by atoms with van der Waals surface area (Å²) in [6, 6.07) is 3.70. The fourth-order valence-electron chi connectivity index (χ4n) is 2.26. The minimum Gasteiger partial charge on any atom is -0.496 e. The molecule has 0 bridgehead atoms. The number of benzene rings is 1. The van der Waals surface area contributed by atoms with Gasteiger partial charge in [0.1, 0.15) is 5.75 Å². The molecule has 8 nitrogen and oxygen atoms in total. The maximum atomic E-state index is 5.44. The van der Waals surface area contributed by atoms with Crippen molar-refractivity contribution in [2.75, 3.05) is 61.9 Å². The Morgan fingerprint density at radius 2 is 1.58 bits per heavy atom. The topological polar surface area (TPSA) is 82.6 Å². The van der Waals surface area contributed by atoms with E-state index in [0.29, 0.717) is 43.8 Å². The van der Waals surface area contributed by atoms with Crippen LogP contribution in [0.5, 0.6) is 17.2 Å². The Morgan fingerprint density at radius 3 is 2.19 bits per heavy atom. The van der Waals surface area contributed by atoms with Crippen LogP contribution in [0.3, 0.4) is 0 Å². The predicted octanol–water partition coefficient (Wildman–Crippen LogP) is 1.43. The third kappa shape index (κ3) is 7.37. The quantitative estimate of drug-likeness (QED) is 0.328. The number of hydrogen-bond acceptors (Lipinski definition) is 6. The highest BCUT2D eigenvalue weighted by molar-refractivity contribution is 5.79. The highest BCUT2D eigenvalue weighted by atomic mass is 16.5. The summed E-state index contributed by atoms with van der Waals surface area (Å²) < 4.78 is 26.4. The molecule has 1 rings (SSSR count). The number of nitrogens with zero attached hydrogens (tertiary/aromatic N) is 1. The van der Waals surface area contributed by atoms with Crippen molar-refractivity contribution in [2.45, 2.75) is 13.0 Å². The molecule has 0 aliphatic heterocycles. The van der Waals surface area contributed by atoms with Crippen LogP contribution in [0.2, 0.25) is 0 Å². The highest BCUT2D eigenvalue weighted by Gasteiger charge is 2.12. The minimum atomic E-state index is 0.535. The Bertz CT molecular complexity index is 552. The molecule has 8 heteroatoms. The molecule has 0 fully saturated rings. The first-order valence-corrected chi connectivity index (χ1v) is 8.50. The van der Waals surface area contributed by atoms with Crippen LogP contribution in [0.25, 0.3) is 0 Å². The normalized spacial score (nSPS) is 11.2. The molecule has 0 spiro atoms. The van der Waals surface area contributed by atoms with E-state index in [1.807, 2.05) is 12.1 Å². The maximum absolute atomic E-state index is 5.44. The lowest BCUT2D eigenvalue weighted by Crippen LogP contribution is -2.37. The van der Waals surface area contributed by atoms with E-state index < -0.39 is 0 Å². The lowest BCUT2D eigenvalue weighted by Gasteiger charge is -2.16. The van der Waals surface area contributed by atoms with E-state index in [4.69, 9.17) is 23.7 Å². The molecule has 0 aromatic heterocycles. The van der Waals surface area contributed by atoms with Crippen molar-refractivity contribution in [2.24, 2.45) is 4.99 Å². The lowest BCUT2D eigenvalue weighted by atomic mass is 10.1. The number of ether oxygens (including phenoxy) is 5. The second-order valence-electron chi connectivity index (χ2n) is 5.33. The van der Waals surface area contributed by atoms with E-state index in [9.17, 15) is 0 Å². The molecule has 26 heavy (non-hydrogen) atoms. The van der Waals surface area contributed by atoms with Crippen molar-refractivity contribution in [3.63, 3.8) is 0 Å². The van der Waals surface area contributed by atoms with Crippen molar-refractivity contribution >= 4 is 5.96 Å². The summed E-state index contributed by atoms with van der Waals surface area (Å²) in [6.07, 6.45) is 0.879. The number of hydrogen-bond donors (Lipinski definition) is 2. The number of nitrogens with one attached hydrogen (secondary N) is 2. The third-order valence-electron chi connectivity index (χ3n) is 3.65. The number of aliphatic imine (C=N–C) groups is 1. The van der Waals surface area contributed by atoms with Crippen LogP contribution in [0.1, 0.15) is 12.0 Å². The standard InChI is InChI=1S/C18H31N3O5/c1-19-18(20-7-6-8-26-10-9-22-2)21-13-14-11-16(24-4)17(25-5)12-15(14)23-3/h11-12H,6-10,13H2,1-5H3,(H2,19,20,21). The predicted molar refractivity (Wildman–Crippen MR) is 102 cm³/mol. The summed E-state index contributed by atoms with van der Waals surface area (Å²) in [7, 11) is 8.22. The largest absolute Gasteiger partial charge is 0.496 e. The molecule has 0 atom stereocenters. The van der Waals surface area contributed by atoms with Gasteiger partial charge in [-0.05, 0) is 12.5 Å². The van der Waals surface area contributed by atoms with Crippen LogP contribution < -0.4 is 24.8 Å². The summed E-state index contributed by atoms with van der Waals surface area (Å²) in [4.78, 5) is 4.22. The van der Waals surface area contributed by atoms with Crippen LogP contribution >= 0.6 is 0 Å². The first kappa shape index (κ1) is 21.9. The van der Waals surface area contributed by atoms with Crippen molar-refractivity contribution < 1.29 is 23.7 Å². The summed E-state index contributed by atoms with van der Waals surface area (Å²) >= 11 is 0. The molecular weight excluding hydrogens is 338 g/mol. The Balaban J connectivity index is 2.50. The second kappa shape index (κ2) is 13.1. The maximum Gasteiger partial charge on any atom is 0.191 e. The molecule has 1 aromatic rings. The van der Waals surface area contributed by atoms with Gasteiger partial charge in [-0.15, -0.1) is 0 Å². The van der Waals surface area contributed by atoms with Crippen molar-refractivity contribution in [1.29, 1.82) is 0 Å². The van der Waals surface area contributed by atoms with Crippen LogP contribution in [0, 0.1) is 0 Å². The van der Waals surface area contributed by atoms with E-state index in [0.717, 1.165) is 24.3 Å². The first-order chi connectivity index (χ1) is 12.7. The molecule has 2 N–H and O–H groups in total. The third-order valence-corrected chi connectivity index (χ3v) is 3.65. The van der Waals surface area contributed by atoms with Gasteiger partial charge in [-0.3, -0.25) is 4.99 Å². The van der Waals surface area contributed by atoms with Crippen LogP contribution in [-0.2, 0) is 16.0 Å². The summed E-state index contributed by atoms with van der Waals surface area (Å²) in [5.41, 5.74) is 0.941. The first-order valence-electron chi connectivity index (χ1n) is 8.50. The van der Waals surface area contributed by atoms with Crippen LogP contribution in [0.15, 0.2) is 17.1 Å². The van der Waals surface area contributed by atoms with E-state index in [1.54, 1.807) is 35.5 Å². The van der Waals surface area contributed by atoms with Gasteiger partial charge in [-0.1, -0.05) is 0 Å². The van der Waals surface area contributed by atoms with Gasteiger partial charge in [0.05, 0.1) is 34.5 Å². The van der Waals surface area contributed by atoms with Gasteiger partial charge < -0.3 is 34.3 Å². The van der Waals surface area contributed by atoms with Crippen LogP contribution in [-0.4, -0.2) is 67.8 Å². The van der Waals surface area contributed by atoms with Gasteiger partial charge in [-0.25, -0.2) is 0 Å². The molecule has 0 unspecified atom stereocenters. The van der Waals surface area contributed by atoms with E-state index in [2.05, 4.69) is 15.6 Å². The summed E-state index contributed by atoms with van der Waals surface area (Å²) in [5, 5.41) is 6.51. The molecular formula is C18H31N3O5. The molecule has 1 aromatic carbocycles. The van der Waals surface area contributed by atoms with E-state index in [-0.39, 0.29) is 0 Å². The SMILES string of the molecule is CN=C(NCCCOCCOC)NCc1cc(OC)c(OC)cc1OC. The highest BCUT2D eigenvalue weighted by Crippen LogP contribution is 2.34. The average Bonchev–Trinajstić information content (AvgIpc) is 2.68. The zero-order chi connectivity index (χ0) is 19.2. The number of guanidine groups is 1. The van der Waals surface area contributed by atoms with Gasteiger partial charge in [0, 0.05) is 45.5 Å². The van der Waals surface area contributed by atoms with Crippen molar-refractivity contribution in [3.05, 3.63) is 17.7 Å². The number of methoxy groups -OCH3 is 4. The van der Waals surface area contributed by atoms with Crippen molar-refractivity contribution in [3.8, 4) is 17.2 Å². The van der Waals surface area contributed by atoms with Crippen LogP contribution in [0.4, 0.5) is 0 Å². The zero-order valence-electron chi connectivity index (χ0n) is 16.4. The molecule has 0 amide bonds. The zero-order valence-corrected chi connectivity index (χ0v) is 16.4. The minimum absolute atomic E-state index is 0.535. The fraction of sp³-hybridized carbons (Fsp3) is 0.611. The van der Waals surface area contributed by atoms with Gasteiger partial charge in [-0.2, -0.15) is 0 Å². The van der Waals surface area contributed by atoms with Gasteiger partial charge in [0.2, 0.25) is 0 Å². The average molecular weight is 369 g/mol. The Kier molecular flexibility index (Phi) is 11.0. The Morgan fingerprint density at radius 1 is 0.885 bits per heavy atom. The fourth-order valence-corrected chi connectivity index (χ4v) is 2.26. The molecule has 0 heterocycles. The number of rotatable bonds is 12. The molecule has 0 aliphatic rings. The monoisotopic (exact) mass is 369 g/mol. The Labute approximate surface area is 155 Å². The molecule has 0 saturated heterocycles. The second-order valence-corrected chi connectivity index (χ2v) is 5.33. The molecule has 0 aliphatic carbocycles. The van der Waals surface area contributed by atoms with Gasteiger partial charge in [0.15, 0.2) is 17.5 Å². The molecule has 0 saturated carbocycles. The lowest BCUT2D eigenvalue weighted by molar-refractivity contribution is 0.0698. The smallest absolute Gasteiger partial charge is 0.191 e. The molecule has 0 radical (unpaired) electrons. The van der Waals surface area contributed by atoms with Gasteiger partial charge in [0.25, 0.3) is 0 Å². The molecule has 148 valence electrons. The van der Waals surface area contributed by atoms with Crippen molar-refractivity contribution in [1.82, 2.24) is 10.6 Å². The summed E-state index contributed by atoms with van der Waals surface area (Å²) in [6.45, 7) is 3.20. The van der Waals surface area contributed by atoms with E-state index >= 15 is 0 Å². The van der Waals surface area contributed by atoms with E-state index in [1.165, 1.54) is 0 Å². The van der Waals surface area contributed by atoms with Gasteiger partial charge >= 0.3 is 0 Å². The Hall–Kier alpha value is -2.19.